The molecule has 2 heterocycles. The predicted molar refractivity (Wildman–Crippen MR) is 89.6 cm³/mol. The average molecular weight is 354 g/mol. The van der Waals surface area contributed by atoms with Gasteiger partial charge in [0, 0.05) is 31.6 Å². The first-order chi connectivity index (χ1) is 9.94. The Balaban J connectivity index is 0.00000242. The summed E-state index contributed by atoms with van der Waals surface area (Å²) >= 11 is 0. The maximum absolute atomic E-state index is 12.3. The third-order valence-corrected chi connectivity index (χ3v) is 6.62. The van der Waals surface area contributed by atoms with E-state index in [1.807, 2.05) is 0 Å². The van der Waals surface area contributed by atoms with Crippen molar-refractivity contribution in [1.82, 2.24) is 14.9 Å². The smallest absolute Gasteiger partial charge is 0.223 e. The fraction of sp³-hybridized carbons (Fsp3) is 0.929. The SMILES string of the molecule is CCS(=O)(=O)N1CCC(C(=O)NC2CNCCC2C)CC1.Cl. The second kappa shape index (κ2) is 8.47. The second-order valence-electron chi connectivity index (χ2n) is 6.16. The van der Waals surface area contributed by atoms with Gasteiger partial charge < -0.3 is 10.6 Å². The monoisotopic (exact) mass is 353 g/mol. The molecule has 2 atom stereocenters. The molecule has 0 radical (unpaired) electrons. The van der Waals surface area contributed by atoms with Crippen LogP contribution in [0.15, 0.2) is 0 Å². The van der Waals surface area contributed by atoms with Crippen LogP contribution in [-0.2, 0) is 14.8 Å². The van der Waals surface area contributed by atoms with Crippen LogP contribution in [0.25, 0.3) is 0 Å². The highest BCUT2D eigenvalue weighted by Crippen LogP contribution is 2.21. The zero-order valence-electron chi connectivity index (χ0n) is 13.4. The molecule has 2 aliphatic heterocycles. The molecule has 130 valence electrons. The molecule has 2 N–H and O–H groups in total. The molecule has 22 heavy (non-hydrogen) atoms. The van der Waals surface area contributed by atoms with Crippen LogP contribution in [0.1, 0.15) is 33.1 Å². The molecule has 6 nitrogen and oxygen atoms in total. The van der Waals surface area contributed by atoms with Gasteiger partial charge in [0.05, 0.1) is 5.75 Å². The van der Waals surface area contributed by atoms with E-state index >= 15 is 0 Å². The fourth-order valence-corrected chi connectivity index (χ4v) is 4.19. The van der Waals surface area contributed by atoms with Crippen molar-refractivity contribution in [3.8, 4) is 0 Å². The minimum Gasteiger partial charge on any atom is -0.352 e. The van der Waals surface area contributed by atoms with Crippen molar-refractivity contribution in [2.75, 3.05) is 31.9 Å². The lowest BCUT2D eigenvalue weighted by Gasteiger charge is -2.34. The van der Waals surface area contributed by atoms with Crippen molar-refractivity contribution in [3.63, 3.8) is 0 Å². The molecular formula is C14H28ClN3O3S. The molecule has 0 aromatic carbocycles. The number of amides is 1. The van der Waals surface area contributed by atoms with Crippen molar-refractivity contribution in [3.05, 3.63) is 0 Å². The Morgan fingerprint density at radius 2 is 1.91 bits per heavy atom. The zero-order chi connectivity index (χ0) is 15.5. The van der Waals surface area contributed by atoms with E-state index in [9.17, 15) is 13.2 Å². The summed E-state index contributed by atoms with van der Waals surface area (Å²) in [5.41, 5.74) is 0. The number of nitrogens with zero attached hydrogens (tertiary/aromatic N) is 1. The highest BCUT2D eigenvalue weighted by atomic mass is 35.5. The van der Waals surface area contributed by atoms with Gasteiger partial charge in [0.1, 0.15) is 0 Å². The van der Waals surface area contributed by atoms with Gasteiger partial charge in [-0.05, 0) is 38.6 Å². The zero-order valence-corrected chi connectivity index (χ0v) is 15.0. The van der Waals surface area contributed by atoms with Gasteiger partial charge in [-0.2, -0.15) is 0 Å². The number of hydrogen-bond acceptors (Lipinski definition) is 4. The molecule has 0 spiro atoms. The van der Waals surface area contributed by atoms with Gasteiger partial charge >= 0.3 is 0 Å². The van der Waals surface area contributed by atoms with Gasteiger partial charge in [0.15, 0.2) is 0 Å². The van der Waals surface area contributed by atoms with E-state index in [4.69, 9.17) is 0 Å². The largest absolute Gasteiger partial charge is 0.352 e. The molecule has 0 aromatic heterocycles. The topological polar surface area (TPSA) is 78.5 Å². The number of nitrogens with one attached hydrogen (secondary N) is 2. The Bertz CT molecular complexity index is 464. The summed E-state index contributed by atoms with van der Waals surface area (Å²) < 4.78 is 25.1. The molecular weight excluding hydrogens is 326 g/mol. The minimum atomic E-state index is -3.11. The number of hydrogen-bond donors (Lipinski definition) is 2. The van der Waals surface area contributed by atoms with Gasteiger partial charge in [-0.15, -0.1) is 12.4 Å². The summed E-state index contributed by atoms with van der Waals surface area (Å²) in [6.45, 7) is 6.60. The standard InChI is InChI=1S/C14H27N3O3S.ClH/c1-3-21(19,20)17-8-5-12(6-9-17)14(18)16-13-10-15-7-4-11(13)2;/h11-13,15H,3-10H2,1-2H3,(H,16,18);1H. The van der Waals surface area contributed by atoms with E-state index in [2.05, 4.69) is 17.6 Å². The lowest BCUT2D eigenvalue weighted by atomic mass is 9.92. The normalized spacial score (nSPS) is 27.9. The van der Waals surface area contributed by atoms with Crippen molar-refractivity contribution in [2.45, 2.75) is 39.2 Å². The molecule has 8 heteroatoms. The summed E-state index contributed by atoms with van der Waals surface area (Å²) in [6.07, 6.45) is 2.33. The number of sulfonamides is 1. The molecule has 2 rings (SSSR count). The molecule has 0 saturated carbocycles. The van der Waals surface area contributed by atoms with Crippen molar-refractivity contribution in [1.29, 1.82) is 0 Å². The molecule has 2 saturated heterocycles. The summed E-state index contributed by atoms with van der Waals surface area (Å²) in [6, 6.07) is 0.198. The Morgan fingerprint density at radius 1 is 1.27 bits per heavy atom. The molecule has 2 fully saturated rings. The van der Waals surface area contributed by atoms with Gasteiger partial charge in [-0.25, -0.2) is 12.7 Å². The van der Waals surface area contributed by atoms with Crippen LogP contribution in [0.5, 0.6) is 0 Å². The number of carbonyl (C=O) groups is 1. The van der Waals surface area contributed by atoms with E-state index < -0.39 is 10.0 Å². The Kier molecular flexibility index (Phi) is 7.58. The number of piperidine rings is 2. The van der Waals surface area contributed by atoms with Gasteiger partial charge in [-0.1, -0.05) is 6.92 Å². The van der Waals surface area contributed by atoms with Crippen LogP contribution in [0, 0.1) is 11.8 Å². The molecule has 2 unspecified atom stereocenters. The van der Waals surface area contributed by atoms with Crippen LogP contribution < -0.4 is 10.6 Å². The van der Waals surface area contributed by atoms with Crippen molar-refractivity contribution >= 4 is 28.3 Å². The molecule has 2 aliphatic rings. The van der Waals surface area contributed by atoms with Gasteiger partial charge in [0.2, 0.25) is 15.9 Å². The van der Waals surface area contributed by atoms with Crippen molar-refractivity contribution < 1.29 is 13.2 Å². The van der Waals surface area contributed by atoms with E-state index in [0.717, 1.165) is 19.5 Å². The van der Waals surface area contributed by atoms with E-state index in [0.29, 0.717) is 31.8 Å². The highest BCUT2D eigenvalue weighted by molar-refractivity contribution is 7.89. The van der Waals surface area contributed by atoms with Crippen LogP contribution in [-0.4, -0.2) is 56.6 Å². The third kappa shape index (κ3) is 4.81. The summed E-state index contributed by atoms with van der Waals surface area (Å²) in [7, 11) is -3.11. The Hall–Kier alpha value is -0.370. The van der Waals surface area contributed by atoms with E-state index in [-0.39, 0.29) is 36.0 Å². The quantitative estimate of drug-likeness (QED) is 0.775. The number of halogens is 1. The maximum Gasteiger partial charge on any atom is 0.223 e. The Labute approximate surface area is 139 Å². The lowest BCUT2D eigenvalue weighted by molar-refractivity contribution is -0.127. The fourth-order valence-electron chi connectivity index (χ4n) is 3.06. The van der Waals surface area contributed by atoms with Crippen LogP contribution in [0.2, 0.25) is 0 Å². The summed E-state index contributed by atoms with van der Waals surface area (Å²) in [5.74, 6) is 0.664. The number of carbonyl (C=O) groups excluding carboxylic acids is 1. The van der Waals surface area contributed by atoms with Gasteiger partial charge in [-0.3, -0.25) is 4.79 Å². The summed E-state index contributed by atoms with van der Waals surface area (Å²) in [5, 5.41) is 6.44. The minimum absolute atomic E-state index is 0. The first-order valence-electron chi connectivity index (χ1n) is 7.93. The van der Waals surface area contributed by atoms with Crippen LogP contribution in [0.3, 0.4) is 0 Å². The molecule has 0 aromatic rings. The molecule has 0 aliphatic carbocycles. The Morgan fingerprint density at radius 3 is 2.45 bits per heavy atom. The number of rotatable bonds is 4. The van der Waals surface area contributed by atoms with Crippen LogP contribution in [0.4, 0.5) is 0 Å². The average Bonchev–Trinajstić information content (AvgIpc) is 2.49. The van der Waals surface area contributed by atoms with Crippen LogP contribution >= 0.6 is 12.4 Å². The van der Waals surface area contributed by atoms with E-state index in [1.54, 1.807) is 6.92 Å². The summed E-state index contributed by atoms with van der Waals surface area (Å²) in [4.78, 5) is 12.3. The lowest BCUT2D eigenvalue weighted by Crippen LogP contribution is -2.52. The second-order valence-corrected chi connectivity index (χ2v) is 8.42. The predicted octanol–water partition coefficient (Wildman–Crippen LogP) is 0.584. The molecule has 0 bridgehead atoms. The van der Waals surface area contributed by atoms with Gasteiger partial charge in [0.25, 0.3) is 0 Å². The van der Waals surface area contributed by atoms with E-state index in [1.165, 1.54) is 4.31 Å². The van der Waals surface area contributed by atoms with Crippen molar-refractivity contribution in [2.24, 2.45) is 11.8 Å². The molecule has 1 amide bonds. The maximum atomic E-state index is 12.3. The first kappa shape index (κ1) is 19.7. The third-order valence-electron chi connectivity index (χ3n) is 4.74. The highest BCUT2D eigenvalue weighted by Gasteiger charge is 2.32. The first-order valence-corrected chi connectivity index (χ1v) is 9.54.